The molecule has 0 spiro atoms. The van der Waals surface area contributed by atoms with Crippen LogP contribution in [0.4, 0.5) is 9.59 Å². The molecule has 8 rings (SSSR count). The zero-order valence-corrected chi connectivity index (χ0v) is 37.7. The molecule has 67 heavy (non-hydrogen) atoms. The van der Waals surface area contributed by atoms with Crippen molar-refractivity contribution in [2.75, 3.05) is 65.7 Å². The van der Waals surface area contributed by atoms with Gasteiger partial charge in [-0.3, -0.25) is 14.4 Å². The van der Waals surface area contributed by atoms with E-state index in [1.165, 1.54) is 0 Å². The van der Waals surface area contributed by atoms with Gasteiger partial charge < -0.3 is 50.4 Å². The molecular weight excluding hydrogens is 851 g/mol. The summed E-state index contributed by atoms with van der Waals surface area (Å²) in [5, 5.41) is 11.8. The first kappa shape index (κ1) is 46.5. The van der Waals surface area contributed by atoms with E-state index in [-0.39, 0.29) is 35.8 Å². The van der Waals surface area contributed by atoms with E-state index in [1.54, 1.807) is 16.0 Å². The number of aromatic amines is 1. The summed E-state index contributed by atoms with van der Waals surface area (Å²) in [5.74, 6) is 0.185. The average molecular weight is 910 g/mol. The number of aromatic nitrogens is 2. The topological polar surface area (TPSA) is 190 Å². The largest absolute Gasteiger partial charge is 0.378 e. The third-order valence-corrected chi connectivity index (χ3v) is 12.5. The van der Waals surface area contributed by atoms with Crippen LogP contribution in [0.1, 0.15) is 72.7 Å². The highest BCUT2D eigenvalue weighted by Crippen LogP contribution is 2.34. The number of carbonyl (C=O) groups excluding carboxylic acids is 5. The van der Waals surface area contributed by atoms with Crippen molar-refractivity contribution in [3.05, 3.63) is 138 Å². The molecule has 3 fully saturated rings. The number of hydrogen-bond acceptors (Lipinski definition) is 8. The van der Waals surface area contributed by atoms with Crippen LogP contribution in [-0.4, -0.2) is 120 Å². The number of carbonyl (C=O) groups is 5. The van der Waals surface area contributed by atoms with Crippen LogP contribution in [0, 0.1) is 0 Å². The fourth-order valence-electron chi connectivity index (χ4n) is 8.65. The van der Waals surface area contributed by atoms with E-state index in [9.17, 15) is 24.0 Å². The molecule has 1 aromatic heterocycles. The van der Waals surface area contributed by atoms with Gasteiger partial charge in [-0.15, -0.1) is 0 Å². The van der Waals surface area contributed by atoms with Crippen LogP contribution in [0.15, 0.2) is 115 Å². The van der Waals surface area contributed by atoms with Crippen LogP contribution in [0.25, 0.3) is 22.4 Å². The molecule has 7 amide bonds. The molecule has 4 aromatic carbocycles. The lowest BCUT2D eigenvalue weighted by Crippen LogP contribution is -2.50. The first-order valence-corrected chi connectivity index (χ1v) is 23.3. The maximum absolute atomic E-state index is 14.2. The smallest absolute Gasteiger partial charge is 0.318 e. The van der Waals surface area contributed by atoms with Crippen LogP contribution in [-0.2, 0) is 30.4 Å². The number of nitrogens with zero attached hydrogens (tertiary/aromatic N) is 4. The molecule has 0 saturated carbocycles. The molecule has 0 bridgehead atoms. The Labute approximate surface area is 390 Å². The molecule has 4 heterocycles. The summed E-state index contributed by atoms with van der Waals surface area (Å²) >= 11 is 0. The van der Waals surface area contributed by atoms with Crippen molar-refractivity contribution in [3.63, 3.8) is 0 Å². The Morgan fingerprint density at radius 1 is 0.642 bits per heavy atom. The minimum Gasteiger partial charge on any atom is -0.378 e. The SMILES string of the molecule is O=C(CCCCNC(=O)C(NC(=O)N1CCOCC1)c1ccccc1)NCc1ccc(-c2ccc(-c3cnc(C4CCCN4C(=O)C(NC(=O)N4CCOCC4)c4ccccc4)[nH]3)cc2)cc1. The Morgan fingerprint density at radius 2 is 1.19 bits per heavy atom. The van der Waals surface area contributed by atoms with Crippen molar-refractivity contribution in [3.8, 4) is 22.4 Å². The van der Waals surface area contributed by atoms with Gasteiger partial charge in [-0.05, 0) is 59.1 Å². The molecule has 0 aliphatic carbocycles. The van der Waals surface area contributed by atoms with Gasteiger partial charge in [0.1, 0.15) is 17.9 Å². The van der Waals surface area contributed by atoms with Crippen molar-refractivity contribution >= 4 is 29.8 Å². The molecule has 3 unspecified atom stereocenters. The van der Waals surface area contributed by atoms with Gasteiger partial charge in [-0.25, -0.2) is 14.6 Å². The van der Waals surface area contributed by atoms with E-state index >= 15 is 0 Å². The van der Waals surface area contributed by atoms with E-state index in [2.05, 4.69) is 38.4 Å². The molecular formula is C51H59N9O7. The normalized spacial score (nSPS) is 17.0. The molecule has 5 N–H and O–H groups in total. The van der Waals surface area contributed by atoms with Gasteiger partial charge in [0.05, 0.1) is 44.4 Å². The van der Waals surface area contributed by atoms with Crippen molar-refractivity contribution in [2.24, 2.45) is 0 Å². The number of amides is 7. The van der Waals surface area contributed by atoms with Gasteiger partial charge in [0, 0.05) is 52.2 Å². The van der Waals surface area contributed by atoms with Gasteiger partial charge in [0.2, 0.25) is 17.7 Å². The number of nitrogens with one attached hydrogen (secondary N) is 5. The predicted molar refractivity (Wildman–Crippen MR) is 252 cm³/mol. The second-order valence-electron chi connectivity index (χ2n) is 17.0. The summed E-state index contributed by atoms with van der Waals surface area (Å²) in [6.07, 6.45) is 4.93. The lowest BCUT2D eigenvalue weighted by Gasteiger charge is -2.32. The van der Waals surface area contributed by atoms with E-state index in [0.29, 0.717) is 103 Å². The molecule has 16 nitrogen and oxygen atoms in total. The molecule has 3 aliphatic rings. The summed E-state index contributed by atoms with van der Waals surface area (Å²) in [5.41, 5.74) is 6.29. The Hall–Kier alpha value is -7.04. The first-order valence-electron chi connectivity index (χ1n) is 23.3. The van der Waals surface area contributed by atoms with Gasteiger partial charge in [0.15, 0.2) is 0 Å². The standard InChI is InChI=1S/C51H59N9O7/c61-44(15-7-8-24-52-48(62)45(40-10-3-1-4-11-40)56-50(64)58-26-30-66-31-27-58)53-34-36-16-18-37(19-17-36)38-20-22-39(23-21-38)42-35-54-47(55-42)43-14-9-25-60(43)49(63)46(41-12-5-2-6-13-41)57-51(65)59-28-32-67-33-29-59/h1-6,10-13,16-23,35,43,45-46H,7-9,14-15,24-34H2,(H,52,62)(H,53,61)(H,54,55)(H,56,64)(H,57,65). The summed E-state index contributed by atoms with van der Waals surface area (Å²) in [4.78, 5) is 79.7. The zero-order chi connectivity index (χ0) is 46.4. The average Bonchev–Trinajstić information content (AvgIpc) is 4.09. The van der Waals surface area contributed by atoms with Crippen molar-refractivity contribution in [1.82, 2.24) is 45.9 Å². The second-order valence-corrected chi connectivity index (χ2v) is 17.0. The monoisotopic (exact) mass is 909 g/mol. The third-order valence-electron chi connectivity index (χ3n) is 12.5. The maximum Gasteiger partial charge on any atom is 0.318 e. The molecule has 3 atom stereocenters. The summed E-state index contributed by atoms with van der Waals surface area (Å²) < 4.78 is 10.8. The molecule has 5 aromatic rings. The lowest BCUT2D eigenvalue weighted by atomic mass is 10.0. The maximum atomic E-state index is 14.2. The first-order chi connectivity index (χ1) is 32.8. The summed E-state index contributed by atoms with van der Waals surface area (Å²) in [6.45, 7) is 5.13. The number of benzene rings is 4. The van der Waals surface area contributed by atoms with Gasteiger partial charge in [0.25, 0.3) is 0 Å². The summed E-state index contributed by atoms with van der Waals surface area (Å²) in [7, 11) is 0. The number of likely N-dealkylation sites (tertiary alicyclic amines) is 1. The second kappa shape index (κ2) is 22.9. The molecule has 16 heteroatoms. The van der Waals surface area contributed by atoms with Gasteiger partial charge in [-0.1, -0.05) is 109 Å². The lowest BCUT2D eigenvalue weighted by molar-refractivity contribution is -0.134. The number of hydrogen-bond donors (Lipinski definition) is 5. The van der Waals surface area contributed by atoms with Gasteiger partial charge >= 0.3 is 12.1 Å². The van der Waals surface area contributed by atoms with E-state index in [0.717, 1.165) is 46.4 Å². The number of rotatable bonds is 16. The number of morpholine rings is 2. The van der Waals surface area contributed by atoms with Crippen LogP contribution in [0.3, 0.4) is 0 Å². The Morgan fingerprint density at radius 3 is 1.81 bits per heavy atom. The third kappa shape index (κ3) is 12.3. The molecule has 3 saturated heterocycles. The van der Waals surface area contributed by atoms with Crippen LogP contribution in [0.2, 0.25) is 0 Å². The van der Waals surface area contributed by atoms with E-state index < -0.39 is 12.1 Å². The summed E-state index contributed by atoms with van der Waals surface area (Å²) in [6, 6.07) is 32.3. The van der Waals surface area contributed by atoms with E-state index in [1.807, 2.05) is 102 Å². The molecule has 3 aliphatic heterocycles. The van der Waals surface area contributed by atoms with Crippen molar-refractivity contribution in [2.45, 2.75) is 56.8 Å². The number of unbranched alkanes of at least 4 members (excludes halogenated alkanes) is 1. The van der Waals surface area contributed by atoms with Crippen LogP contribution >= 0.6 is 0 Å². The van der Waals surface area contributed by atoms with Crippen LogP contribution in [0.5, 0.6) is 0 Å². The Bertz CT molecular complexity index is 2420. The predicted octanol–water partition coefficient (Wildman–Crippen LogP) is 5.88. The fourth-order valence-corrected chi connectivity index (χ4v) is 8.65. The highest BCUT2D eigenvalue weighted by atomic mass is 16.5. The van der Waals surface area contributed by atoms with Crippen LogP contribution < -0.4 is 21.3 Å². The molecule has 0 radical (unpaired) electrons. The highest BCUT2D eigenvalue weighted by molar-refractivity contribution is 5.89. The van der Waals surface area contributed by atoms with Crippen molar-refractivity contribution < 1.29 is 33.4 Å². The Kier molecular flexibility index (Phi) is 15.9. The minimum atomic E-state index is -0.832. The zero-order valence-electron chi connectivity index (χ0n) is 37.7. The number of H-pyrrole nitrogens is 1. The number of urea groups is 2. The highest BCUT2D eigenvalue weighted by Gasteiger charge is 2.37. The fraction of sp³-hybridized carbons (Fsp3) is 0.373. The number of imidazole rings is 1. The van der Waals surface area contributed by atoms with Crippen molar-refractivity contribution in [1.29, 1.82) is 0 Å². The number of ether oxygens (including phenoxy) is 2. The Balaban J connectivity index is 0.786. The molecule has 350 valence electrons. The van der Waals surface area contributed by atoms with Gasteiger partial charge in [-0.2, -0.15) is 0 Å². The minimum absolute atomic E-state index is 0.0653. The quantitative estimate of drug-likeness (QED) is 0.0760. The van der Waals surface area contributed by atoms with E-state index in [4.69, 9.17) is 14.5 Å².